The van der Waals surface area contributed by atoms with E-state index in [1.165, 1.54) is 17.0 Å². The van der Waals surface area contributed by atoms with Crippen LogP contribution in [0.5, 0.6) is 0 Å². The quantitative estimate of drug-likeness (QED) is 0.839. The second-order valence-electron chi connectivity index (χ2n) is 4.35. The maximum atomic E-state index is 11.9. The molecule has 1 saturated heterocycles. The molecule has 0 bridgehead atoms. The number of furan rings is 1. The molecule has 0 aromatic carbocycles. The van der Waals surface area contributed by atoms with Gasteiger partial charge in [0.2, 0.25) is 5.91 Å². The molecule has 1 aliphatic heterocycles. The number of hydrogen-bond donors (Lipinski definition) is 0. The van der Waals surface area contributed by atoms with Crippen LogP contribution >= 0.6 is 11.6 Å². The van der Waals surface area contributed by atoms with E-state index in [2.05, 4.69) is 0 Å². The van der Waals surface area contributed by atoms with Gasteiger partial charge in [-0.1, -0.05) is 0 Å². The average molecular weight is 271 g/mol. The Morgan fingerprint density at radius 2 is 2.06 bits per heavy atom. The zero-order valence-electron chi connectivity index (χ0n) is 10.2. The lowest BCUT2D eigenvalue weighted by Crippen LogP contribution is -2.39. The fraction of sp³-hybridized carbons (Fsp3) is 0.500. The molecular weight excluding hydrogens is 256 g/mol. The van der Waals surface area contributed by atoms with Gasteiger partial charge in [-0.2, -0.15) is 0 Å². The van der Waals surface area contributed by atoms with E-state index in [1.807, 2.05) is 0 Å². The van der Waals surface area contributed by atoms with E-state index in [0.717, 1.165) is 25.9 Å². The van der Waals surface area contributed by atoms with E-state index < -0.39 is 0 Å². The van der Waals surface area contributed by atoms with Crippen LogP contribution in [-0.4, -0.2) is 48.3 Å². The summed E-state index contributed by atoms with van der Waals surface area (Å²) < 4.78 is 5.02. The lowest BCUT2D eigenvalue weighted by atomic mass is 10.3. The van der Waals surface area contributed by atoms with Gasteiger partial charge >= 0.3 is 0 Å². The fourth-order valence-electron chi connectivity index (χ4n) is 1.96. The molecule has 18 heavy (non-hydrogen) atoms. The number of nitrogens with zero attached hydrogens (tertiary/aromatic N) is 2. The zero-order chi connectivity index (χ0) is 13.1. The molecule has 2 heterocycles. The van der Waals surface area contributed by atoms with Crippen LogP contribution in [0.2, 0.25) is 5.22 Å². The number of carbonyl (C=O) groups is 2. The molecule has 98 valence electrons. The SMILES string of the molecule is CN(CC(=O)N1CCCC1)C(=O)c1ccc(Cl)o1. The van der Waals surface area contributed by atoms with E-state index in [0.29, 0.717) is 0 Å². The first-order valence-electron chi connectivity index (χ1n) is 5.86. The van der Waals surface area contributed by atoms with Crippen molar-refractivity contribution in [1.29, 1.82) is 0 Å². The summed E-state index contributed by atoms with van der Waals surface area (Å²) in [6.07, 6.45) is 2.08. The van der Waals surface area contributed by atoms with E-state index in [-0.39, 0.29) is 29.3 Å². The van der Waals surface area contributed by atoms with Crippen LogP contribution in [0.3, 0.4) is 0 Å². The highest BCUT2D eigenvalue weighted by molar-refractivity contribution is 6.29. The highest BCUT2D eigenvalue weighted by Crippen LogP contribution is 2.15. The number of likely N-dealkylation sites (tertiary alicyclic amines) is 1. The molecule has 0 atom stereocenters. The van der Waals surface area contributed by atoms with E-state index in [4.69, 9.17) is 16.0 Å². The van der Waals surface area contributed by atoms with Crippen LogP contribution in [0.1, 0.15) is 23.4 Å². The van der Waals surface area contributed by atoms with Crippen LogP contribution in [0.25, 0.3) is 0 Å². The summed E-state index contributed by atoms with van der Waals surface area (Å²) in [6.45, 7) is 1.64. The Kier molecular flexibility index (Phi) is 3.91. The van der Waals surface area contributed by atoms with Gasteiger partial charge in [0.05, 0.1) is 6.54 Å². The van der Waals surface area contributed by atoms with Crippen molar-refractivity contribution in [1.82, 2.24) is 9.80 Å². The van der Waals surface area contributed by atoms with Crippen LogP contribution in [0, 0.1) is 0 Å². The van der Waals surface area contributed by atoms with E-state index >= 15 is 0 Å². The summed E-state index contributed by atoms with van der Waals surface area (Å²) in [5.74, 6) is -0.216. The fourth-order valence-corrected chi connectivity index (χ4v) is 2.10. The summed E-state index contributed by atoms with van der Waals surface area (Å²) in [6, 6.07) is 3.01. The minimum atomic E-state index is -0.338. The Morgan fingerprint density at radius 3 is 2.61 bits per heavy atom. The Morgan fingerprint density at radius 1 is 1.39 bits per heavy atom. The number of hydrogen-bond acceptors (Lipinski definition) is 3. The monoisotopic (exact) mass is 270 g/mol. The van der Waals surface area contributed by atoms with Crippen molar-refractivity contribution in [2.75, 3.05) is 26.7 Å². The Hall–Kier alpha value is -1.49. The topological polar surface area (TPSA) is 53.8 Å². The number of halogens is 1. The first-order chi connectivity index (χ1) is 8.58. The Labute approximate surface area is 110 Å². The van der Waals surface area contributed by atoms with Gasteiger partial charge in [0.15, 0.2) is 11.0 Å². The van der Waals surface area contributed by atoms with Gasteiger partial charge in [0.1, 0.15) is 0 Å². The first-order valence-corrected chi connectivity index (χ1v) is 6.24. The number of rotatable bonds is 3. The third kappa shape index (κ3) is 2.85. The van der Waals surface area contributed by atoms with Gasteiger partial charge < -0.3 is 14.2 Å². The smallest absolute Gasteiger partial charge is 0.289 e. The van der Waals surface area contributed by atoms with Crippen molar-refractivity contribution in [3.05, 3.63) is 23.1 Å². The van der Waals surface area contributed by atoms with E-state index in [1.54, 1.807) is 11.9 Å². The van der Waals surface area contributed by atoms with Crippen molar-refractivity contribution < 1.29 is 14.0 Å². The van der Waals surface area contributed by atoms with Crippen molar-refractivity contribution >= 4 is 23.4 Å². The predicted octanol–water partition coefficient (Wildman–Crippen LogP) is 1.63. The molecule has 1 aliphatic rings. The maximum Gasteiger partial charge on any atom is 0.289 e. The largest absolute Gasteiger partial charge is 0.440 e. The number of likely N-dealkylation sites (N-methyl/N-ethyl adjacent to an activating group) is 1. The number of carbonyl (C=O) groups excluding carboxylic acids is 2. The third-order valence-corrected chi connectivity index (χ3v) is 3.17. The van der Waals surface area contributed by atoms with Crippen molar-refractivity contribution in [3.63, 3.8) is 0 Å². The molecule has 1 aromatic rings. The molecule has 1 fully saturated rings. The van der Waals surface area contributed by atoms with Crippen molar-refractivity contribution in [2.24, 2.45) is 0 Å². The minimum Gasteiger partial charge on any atom is -0.440 e. The molecule has 2 rings (SSSR count). The molecule has 2 amide bonds. The zero-order valence-corrected chi connectivity index (χ0v) is 10.9. The van der Waals surface area contributed by atoms with Crippen LogP contribution in [-0.2, 0) is 4.79 Å². The third-order valence-electron chi connectivity index (χ3n) is 2.96. The van der Waals surface area contributed by atoms with Gasteiger partial charge in [-0.05, 0) is 36.6 Å². The Balaban J connectivity index is 1.92. The van der Waals surface area contributed by atoms with Crippen LogP contribution in [0.15, 0.2) is 16.5 Å². The molecule has 0 radical (unpaired) electrons. The van der Waals surface area contributed by atoms with Gasteiger partial charge in [-0.15, -0.1) is 0 Å². The molecular formula is C12H15ClN2O3. The van der Waals surface area contributed by atoms with Gasteiger partial charge in [-0.3, -0.25) is 9.59 Å². The normalized spacial score (nSPS) is 14.9. The second kappa shape index (κ2) is 5.44. The second-order valence-corrected chi connectivity index (χ2v) is 4.73. The minimum absolute atomic E-state index is 0.0268. The molecule has 0 aliphatic carbocycles. The molecule has 5 nitrogen and oxygen atoms in total. The molecule has 0 N–H and O–H groups in total. The van der Waals surface area contributed by atoms with Crippen LogP contribution in [0.4, 0.5) is 0 Å². The standard InChI is InChI=1S/C12H15ClN2O3/c1-14(8-11(16)15-6-2-3-7-15)12(17)9-4-5-10(13)18-9/h4-5H,2-3,6-8H2,1H3. The van der Waals surface area contributed by atoms with Crippen molar-refractivity contribution in [3.8, 4) is 0 Å². The maximum absolute atomic E-state index is 11.9. The summed E-state index contributed by atoms with van der Waals surface area (Å²) in [4.78, 5) is 26.9. The van der Waals surface area contributed by atoms with Crippen molar-refractivity contribution in [2.45, 2.75) is 12.8 Å². The lowest BCUT2D eigenvalue weighted by Gasteiger charge is -2.20. The van der Waals surface area contributed by atoms with E-state index in [9.17, 15) is 9.59 Å². The van der Waals surface area contributed by atoms with Gasteiger partial charge in [0.25, 0.3) is 5.91 Å². The van der Waals surface area contributed by atoms with Gasteiger partial charge in [0, 0.05) is 20.1 Å². The Bertz CT molecular complexity index is 452. The summed E-state index contributed by atoms with van der Waals surface area (Å²) >= 11 is 5.61. The highest BCUT2D eigenvalue weighted by atomic mass is 35.5. The summed E-state index contributed by atoms with van der Waals surface area (Å²) in [5, 5.41) is 0.164. The molecule has 0 saturated carbocycles. The summed E-state index contributed by atoms with van der Waals surface area (Å²) in [5.41, 5.74) is 0. The predicted molar refractivity (Wildman–Crippen MR) is 66.5 cm³/mol. The highest BCUT2D eigenvalue weighted by Gasteiger charge is 2.23. The van der Waals surface area contributed by atoms with Crippen LogP contribution < -0.4 is 0 Å². The molecule has 0 spiro atoms. The molecule has 6 heteroatoms. The average Bonchev–Trinajstić information content (AvgIpc) is 2.98. The van der Waals surface area contributed by atoms with Gasteiger partial charge in [-0.25, -0.2) is 0 Å². The summed E-state index contributed by atoms with van der Waals surface area (Å²) in [7, 11) is 1.58. The number of amides is 2. The first kappa shape index (κ1) is 13.0. The molecule has 0 unspecified atom stereocenters. The lowest BCUT2D eigenvalue weighted by molar-refractivity contribution is -0.130. The molecule has 1 aromatic heterocycles.